The van der Waals surface area contributed by atoms with Crippen molar-refractivity contribution in [2.45, 2.75) is 66.3 Å². The molecule has 2 nitrogen and oxygen atoms in total. The van der Waals surface area contributed by atoms with Crippen LogP contribution >= 0.6 is 0 Å². The monoisotopic (exact) mass is 222 g/mol. The zero-order valence-corrected chi connectivity index (χ0v) is 12.1. The fraction of sp³-hybridized carbons (Fsp3) is 1.00. The Hall–Kier alpha value is -0.0800. The van der Waals surface area contributed by atoms with E-state index < -0.39 is 0 Å². The molecular weight excluding hydrogens is 184 g/mol. The lowest BCUT2D eigenvalue weighted by atomic mass is 10.1. The van der Waals surface area contributed by atoms with Crippen molar-refractivity contribution in [2.24, 2.45) is 0 Å². The highest BCUT2D eigenvalue weighted by atomic mass is 14.8. The second kappa shape index (κ2) is 23.6. The molecule has 0 aromatic carbocycles. The van der Waals surface area contributed by atoms with Crippen LogP contribution in [0.1, 0.15) is 63.2 Å². The number of hydrogen-bond donors (Lipinski definition) is 2. The van der Waals surface area contributed by atoms with Crippen molar-refractivity contribution in [3.05, 3.63) is 0 Å². The van der Waals surface area contributed by atoms with Gasteiger partial charge in [-0.1, -0.05) is 40.5 Å². The lowest BCUT2D eigenvalue weighted by Crippen LogP contribution is -2.20. The molecule has 0 aliphatic heterocycles. The minimum Gasteiger partial charge on any atom is -0.320 e. The van der Waals surface area contributed by atoms with E-state index in [1.165, 1.54) is 25.7 Å². The Kier molecular flexibility index (Phi) is 32.0. The van der Waals surface area contributed by atoms with E-state index in [9.17, 15) is 0 Å². The summed E-state index contributed by atoms with van der Waals surface area (Å²) in [5, 5.41) is 6.39. The van der Waals surface area contributed by atoms with Gasteiger partial charge in [0.1, 0.15) is 0 Å². The van der Waals surface area contributed by atoms with E-state index in [-0.39, 0.29) is 2.85 Å². The van der Waals surface area contributed by atoms with Gasteiger partial charge < -0.3 is 10.6 Å². The lowest BCUT2D eigenvalue weighted by molar-refractivity contribution is 0.516. The fourth-order valence-corrected chi connectivity index (χ4v) is 1.07. The fourth-order valence-electron chi connectivity index (χ4n) is 1.07. The maximum absolute atomic E-state index is 3.24. The second-order valence-corrected chi connectivity index (χ2v) is 3.14. The smallest absolute Gasteiger partial charge is 0.00357 e. The number of hydrogen-bond acceptors (Lipinski definition) is 2. The molecule has 2 heteroatoms. The Morgan fingerprint density at radius 1 is 0.933 bits per heavy atom. The molecule has 0 amide bonds. The first kappa shape index (κ1) is 20.3. The van der Waals surface area contributed by atoms with E-state index in [4.69, 9.17) is 0 Å². The van der Waals surface area contributed by atoms with Crippen molar-refractivity contribution in [2.75, 3.05) is 20.6 Å². The normalized spacial score (nSPS) is 10.6. The van der Waals surface area contributed by atoms with Crippen molar-refractivity contribution in [1.82, 2.24) is 10.6 Å². The van der Waals surface area contributed by atoms with Crippen LogP contribution in [0.25, 0.3) is 0 Å². The Balaban J connectivity index is -0.0000000720. The summed E-state index contributed by atoms with van der Waals surface area (Å²) in [6.07, 6.45) is 5.32. The van der Waals surface area contributed by atoms with Crippen molar-refractivity contribution in [3.8, 4) is 0 Å². The third-order valence-electron chi connectivity index (χ3n) is 2.06. The highest BCUT2D eigenvalue weighted by molar-refractivity contribution is 4.56. The maximum atomic E-state index is 3.24. The molecule has 0 aromatic heterocycles. The first-order chi connectivity index (χ1) is 7.31. The molecule has 0 heterocycles. The molecule has 0 saturated carbocycles. The van der Waals surface area contributed by atoms with Gasteiger partial charge in [0.2, 0.25) is 0 Å². The highest BCUT2D eigenvalue weighted by Gasteiger charge is 1.96. The third-order valence-corrected chi connectivity index (χ3v) is 2.06. The first-order valence-corrected chi connectivity index (χ1v) is 6.63. The molecular formula is C13H38N2. The van der Waals surface area contributed by atoms with Gasteiger partial charge in [0.05, 0.1) is 0 Å². The van der Waals surface area contributed by atoms with Gasteiger partial charge in [-0.15, -0.1) is 0 Å². The molecule has 1 unspecified atom stereocenters. The van der Waals surface area contributed by atoms with E-state index in [0.717, 1.165) is 6.54 Å². The molecule has 2 N–H and O–H groups in total. The minimum atomic E-state index is 0. The molecule has 0 bridgehead atoms. The van der Waals surface area contributed by atoms with Gasteiger partial charge in [0, 0.05) is 8.90 Å². The Labute approximate surface area is 101 Å². The predicted molar refractivity (Wildman–Crippen MR) is 77.8 cm³/mol. The van der Waals surface area contributed by atoms with Gasteiger partial charge in [0.15, 0.2) is 0 Å². The summed E-state index contributed by atoms with van der Waals surface area (Å²) in [6.45, 7) is 11.4. The molecule has 0 radical (unpaired) electrons. The van der Waals surface area contributed by atoms with Crippen LogP contribution in [-0.2, 0) is 0 Å². The van der Waals surface area contributed by atoms with Crippen molar-refractivity contribution >= 4 is 0 Å². The molecule has 0 rings (SSSR count). The highest BCUT2D eigenvalue weighted by Crippen LogP contribution is 2.01. The van der Waals surface area contributed by atoms with Crippen LogP contribution in [0.15, 0.2) is 0 Å². The number of rotatable bonds is 7. The average molecular weight is 222 g/mol. The minimum absolute atomic E-state index is 0. The summed E-state index contributed by atoms with van der Waals surface area (Å²) in [4.78, 5) is 0. The lowest BCUT2D eigenvalue weighted by Gasteiger charge is -2.08. The van der Waals surface area contributed by atoms with Gasteiger partial charge >= 0.3 is 0 Å². The summed E-state index contributed by atoms with van der Waals surface area (Å²) in [5.74, 6) is 0. The number of unbranched alkanes of at least 4 members (excludes halogenated alkanes) is 2. The van der Waals surface area contributed by atoms with Crippen molar-refractivity contribution in [1.29, 1.82) is 0 Å². The van der Waals surface area contributed by atoms with Gasteiger partial charge in [-0.2, -0.15) is 0 Å². The van der Waals surface area contributed by atoms with E-state index in [1.54, 1.807) is 0 Å². The van der Waals surface area contributed by atoms with Crippen molar-refractivity contribution in [3.63, 3.8) is 0 Å². The first-order valence-electron chi connectivity index (χ1n) is 6.63. The quantitative estimate of drug-likeness (QED) is 0.638. The average Bonchev–Trinajstić information content (AvgIpc) is 2.33. The molecule has 0 aliphatic carbocycles. The van der Waals surface area contributed by atoms with Gasteiger partial charge in [-0.25, -0.2) is 0 Å². The van der Waals surface area contributed by atoms with Gasteiger partial charge in [-0.3, -0.25) is 0 Å². The molecule has 1 atom stereocenters. The van der Waals surface area contributed by atoms with E-state index in [1.807, 2.05) is 41.8 Å². The van der Waals surface area contributed by atoms with Crippen LogP contribution < -0.4 is 10.6 Å². The maximum Gasteiger partial charge on any atom is 0.00357 e. The largest absolute Gasteiger partial charge is 0.320 e. The summed E-state index contributed by atoms with van der Waals surface area (Å²) in [5.41, 5.74) is 0. The van der Waals surface area contributed by atoms with Crippen LogP contribution in [0.2, 0.25) is 0 Å². The predicted octanol–water partition coefficient (Wildman–Crippen LogP) is 3.92. The van der Waals surface area contributed by atoms with Gasteiger partial charge in [-0.05, 0) is 40.4 Å². The molecule has 0 aliphatic rings. The Bertz CT molecular complexity index is 83.8. The van der Waals surface area contributed by atoms with E-state index >= 15 is 0 Å². The number of nitrogens with one attached hydrogen (secondary N) is 2. The standard InChI is InChI=1S/C9H22N2.2C2H6.2H2/c1-9(11-3)7-5-4-6-8-10-2;2*1-2;;/h9-11H,4-8H2,1-3H3;2*1-2H3;2*1H. The van der Waals surface area contributed by atoms with Gasteiger partial charge in [0.25, 0.3) is 0 Å². The molecule has 0 aromatic rings. The molecule has 0 saturated heterocycles. The SMILES string of the molecule is CC.CC.CNCCCCCC(C)NC.[HH].[HH]. The summed E-state index contributed by atoms with van der Waals surface area (Å²) >= 11 is 0. The van der Waals surface area contributed by atoms with E-state index in [0.29, 0.717) is 6.04 Å². The molecule has 0 fully saturated rings. The van der Waals surface area contributed by atoms with Crippen molar-refractivity contribution < 1.29 is 2.85 Å². The van der Waals surface area contributed by atoms with Crippen LogP contribution in [0.5, 0.6) is 0 Å². The zero-order valence-electron chi connectivity index (χ0n) is 12.1. The van der Waals surface area contributed by atoms with Crippen LogP contribution in [-0.4, -0.2) is 26.7 Å². The molecule has 100 valence electrons. The Morgan fingerprint density at radius 2 is 1.47 bits per heavy atom. The summed E-state index contributed by atoms with van der Waals surface area (Å²) in [6, 6.07) is 0.685. The van der Waals surface area contributed by atoms with Crippen LogP contribution in [0.4, 0.5) is 0 Å². The topological polar surface area (TPSA) is 24.1 Å². The van der Waals surface area contributed by atoms with Crippen LogP contribution in [0, 0.1) is 0 Å². The summed E-state index contributed by atoms with van der Waals surface area (Å²) < 4.78 is 0. The second-order valence-electron chi connectivity index (χ2n) is 3.14. The zero-order chi connectivity index (χ0) is 12.5. The molecule has 15 heavy (non-hydrogen) atoms. The third kappa shape index (κ3) is 24.9. The molecule has 0 spiro atoms. The Morgan fingerprint density at radius 3 is 1.87 bits per heavy atom. The van der Waals surface area contributed by atoms with E-state index in [2.05, 4.69) is 17.6 Å². The van der Waals surface area contributed by atoms with Crippen LogP contribution in [0.3, 0.4) is 0 Å². The summed E-state index contributed by atoms with van der Waals surface area (Å²) in [7, 11) is 4.04.